The van der Waals surface area contributed by atoms with Gasteiger partial charge in [-0.1, -0.05) is 0 Å². The molecule has 1 aromatic heterocycles. The van der Waals surface area contributed by atoms with Gasteiger partial charge in [-0.2, -0.15) is 0 Å². The fourth-order valence-corrected chi connectivity index (χ4v) is 1.98. The molecule has 4 heteroatoms. The Kier molecular flexibility index (Phi) is 4.51. The zero-order valence-corrected chi connectivity index (χ0v) is 9.60. The average molecular weight is 214 g/mol. The van der Waals surface area contributed by atoms with E-state index in [1.165, 1.54) is 0 Å². The summed E-state index contributed by atoms with van der Waals surface area (Å²) >= 11 is 1.67. The van der Waals surface area contributed by atoms with E-state index >= 15 is 0 Å². The highest BCUT2D eigenvalue weighted by atomic mass is 32.1. The third-order valence-electron chi connectivity index (χ3n) is 2.12. The predicted molar refractivity (Wildman–Crippen MR) is 59.5 cm³/mol. The number of hydrogen-bond acceptors (Lipinski definition) is 4. The highest BCUT2D eigenvalue weighted by Crippen LogP contribution is 2.21. The Hall–Kier alpha value is -0.450. The van der Waals surface area contributed by atoms with Crippen molar-refractivity contribution in [3.05, 3.63) is 16.6 Å². The quantitative estimate of drug-likeness (QED) is 0.709. The molecule has 0 saturated carbocycles. The molecule has 0 aliphatic heterocycles. The van der Waals surface area contributed by atoms with Crippen LogP contribution in [0.3, 0.4) is 0 Å². The molecule has 0 aliphatic carbocycles. The minimum Gasteiger partial charge on any atom is -0.396 e. The van der Waals surface area contributed by atoms with Crippen LogP contribution in [0, 0.1) is 0 Å². The number of rotatable bonds is 6. The van der Waals surface area contributed by atoms with Crippen molar-refractivity contribution in [1.82, 2.24) is 10.3 Å². The van der Waals surface area contributed by atoms with Gasteiger partial charge >= 0.3 is 0 Å². The molecule has 1 rings (SSSR count). The molecule has 1 aromatic rings. The summed E-state index contributed by atoms with van der Waals surface area (Å²) in [6.45, 7) is 5.46. The van der Waals surface area contributed by atoms with Crippen LogP contribution in [0.15, 0.2) is 11.6 Å². The molecule has 14 heavy (non-hydrogen) atoms. The Morgan fingerprint density at radius 3 is 2.86 bits per heavy atom. The van der Waals surface area contributed by atoms with E-state index in [4.69, 9.17) is 5.11 Å². The lowest BCUT2D eigenvalue weighted by Gasteiger charge is -2.23. The zero-order valence-electron chi connectivity index (χ0n) is 8.79. The first-order chi connectivity index (χ1) is 6.67. The number of unbranched alkanes of at least 4 members (excludes halogenated alkanes) is 1. The lowest BCUT2D eigenvalue weighted by molar-refractivity contribution is 0.279. The largest absolute Gasteiger partial charge is 0.396 e. The van der Waals surface area contributed by atoms with Crippen LogP contribution in [0.2, 0.25) is 0 Å². The Labute approximate surface area is 89.2 Å². The molecule has 0 unspecified atom stereocenters. The van der Waals surface area contributed by atoms with E-state index in [1.807, 2.05) is 11.6 Å². The van der Waals surface area contributed by atoms with Crippen molar-refractivity contribution in [2.45, 2.75) is 32.2 Å². The molecule has 0 saturated heterocycles. The van der Waals surface area contributed by atoms with Crippen LogP contribution in [-0.2, 0) is 5.54 Å². The van der Waals surface area contributed by atoms with Crippen molar-refractivity contribution in [3.63, 3.8) is 0 Å². The van der Waals surface area contributed by atoms with Gasteiger partial charge in [-0.3, -0.25) is 0 Å². The van der Waals surface area contributed by atoms with E-state index in [9.17, 15) is 0 Å². The second-order valence-corrected chi connectivity index (χ2v) is 4.71. The topological polar surface area (TPSA) is 45.1 Å². The minimum atomic E-state index is -0.0520. The molecule has 1 heterocycles. The van der Waals surface area contributed by atoms with Crippen molar-refractivity contribution >= 4 is 11.3 Å². The van der Waals surface area contributed by atoms with E-state index in [2.05, 4.69) is 24.1 Å². The Balaban J connectivity index is 2.35. The standard InChI is InChI=1S/C10H18N2OS/c1-10(2,9-11-6-8-14-9)12-5-3-4-7-13/h6,8,12-13H,3-5,7H2,1-2H3. The maximum atomic E-state index is 8.64. The summed E-state index contributed by atoms with van der Waals surface area (Å²) in [5.74, 6) is 0. The molecule has 80 valence electrons. The zero-order chi connectivity index (χ0) is 10.4. The number of thiazole rings is 1. The number of aliphatic hydroxyl groups excluding tert-OH is 1. The van der Waals surface area contributed by atoms with Gasteiger partial charge in [-0.25, -0.2) is 4.98 Å². The second-order valence-electron chi connectivity index (χ2n) is 3.82. The number of aromatic nitrogens is 1. The highest BCUT2D eigenvalue weighted by molar-refractivity contribution is 7.09. The van der Waals surface area contributed by atoms with Crippen LogP contribution in [-0.4, -0.2) is 23.2 Å². The smallest absolute Gasteiger partial charge is 0.112 e. The van der Waals surface area contributed by atoms with Gasteiger partial charge in [0.05, 0.1) is 5.54 Å². The first-order valence-corrected chi connectivity index (χ1v) is 5.80. The molecule has 0 bridgehead atoms. The van der Waals surface area contributed by atoms with E-state index in [0.717, 1.165) is 24.4 Å². The van der Waals surface area contributed by atoms with E-state index in [1.54, 1.807) is 11.3 Å². The molecule has 0 aromatic carbocycles. The summed E-state index contributed by atoms with van der Waals surface area (Å²) in [7, 11) is 0. The van der Waals surface area contributed by atoms with E-state index in [0.29, 0.717) is 0 Å². The summed E-state index contributed by atoms with van der Waals surface area (Å²) in [5, 5.41) is 15.2. The first kappa shape index (κ1) is 11.6. The van der Waals surface area contributed by atoms with Crippen molar-refractivity contribution < 1.29 is 5.11 Å². The lowest BCUT2D eigenvalue weighted by atomic mass is 10.1. The number of nitrogens with one attached hydrogen (secondary N) is 1. The normalized spacial score (nSPS) is 11.9. The maximum absolute atomic E-state index is 8.64. The predicted octanol–water partition coefficient (Wildman–Crippen LogP) is 1.74. The summed E-state index contributed by atoms with van der Waals surface area (Å²) in [4.78, 5) is 4.29. The highest BCUT2D eigenvalue weighted by Gasteiger charge is 2.21. The molecule has 0 atom stereocenters. The molecule has 2 N–H and O–H groups in total. The van der Waals surface area contributed by atoms with Crippen LogP contribution in [0.5, 0.6) is 0 Å². The second kappa shape index (κ2) is 5.44. The van der Waals surface area contributed by atoms with Gasteiger partial charge in [-0.05, 0) is 33.2 Å². The Morgan fingerprint density at radius 1 is 1.50 bits per heavy atom. The van der Waals surface area contributed by atoms with Crippen molar-refractivity contribution in [3.8, 4) is 0 Å². The van der Waals surface area contributed by atoms with Crippen LogP contribution >= 0.6 is 11.3 Å². The number of aliphatic hydroxyl groups is 1. The summed E-state index contributed by atoms with van der Waals surface area (Å²) < 4.78 is 0. The van der Waals surface area contributed by atoms with Gasteiger partial charge in [0.15, 0.2) is 0 Å². The third kappa shape index (κ3) is 3.36. The van der Waals surface area contributed by atoms with Gasteiger partial charge in [0, 0.05) is 18.2 Å². The minimum absolute atomic E-state index is 0.0520. The maximum Gasteiger partial charge on any atom is 0.112 e. The first-order valence-electron chi connectivity index (χ1n) is 4.92. The summed E-state index contributed by atoms with van der Waals surface area (Å²) in [6.07, 6.45) is 3.70. The molecule has 0 radical (unpaired) electrons. The van der Waals surface area contributed by atoms with Crippen molar-refractivity contribution in [2.24, 2.45) is 0 Å². The Morgan fingerprint density at radius 2 is 2.29 bits per heavy atom. The molecule has 0 fully saturated rings. The van der Waals surface area contributed by atoms with Crippen LogP contribution in [0.25, 0.3) is 0 Å². The molecular weight excluding hydrogens is 196 g/mol. The molecule has 0 aliphatic rings. The molecule has 3 nitrogen and oxygen atoms in total. The summed E-state index contributed by atoms with van der Waals surface area (Å²) in [6, 6.07) is 0. The number of hydrogen-bond donors (Lipinski definition) is 2. The lowest BCUT2D eigenvalue weighted by Crippen LogP contribution is -2.37. The molecule has 0 amide bonds. The van der Waals surface area contributed by atoms with E-state index < -0.39 is 0 Å². The van der Waals surface area contributed by atoms with Crippen molar-refractivity contribution in [1.29, 1.82) is 0 Å². The fourth-order valence-electron chi connectivity index (χ4n) is 1.25. The van der Waals surface area contributed by atoms with Gasteiger partial charge in [0.25, 0.3) is 0 Å². The third-order valence-corrected chi connectivity index (χ3v) is 3.22. The van der Waals surface area contributed by atoms with Crippen LogP contribution in [0.1, 0.15) is 31.7 Å². The van der Waals surface area contributed by atoms with Gasteiger partial charge in [0.2, 0.25) is 0 Å². The summed E-state index contributed by atoms with van der Waals surface area (Å²) in [5.41, 5.74) is -0.0520. The molecule has 0 spiro atoms. The van der Waals surface area contributed by atoms with Gasteiger partial charge in [0.1, 0.15) is 5.01 Å². The molecular formula is C10H18N2OS. The Bertz CT molecular complexity index is 247. The van der Waals surface area contributed by atoms with E-state index in [-0.39, 0.29) is 12.1 Å². The van der Waals surface area contributed by atoms with Crippen LogP contribution < -0.4 is 5.32 Å². The van der Waals surface area contributed by atoms with Gasteiger partial charge in [-0.15, -0.1) is 11.3 Å². The fraction of sp³-hybridized carbons (Fsp3) is 0.700. The number of nitrogens with zero attached hydrogens (tertiary/aromatic N) is 1. The average Bonchev–Trinajstić information content (AvgIpc) is 2.65. The van der Waals surface area contributed by atoms with Crippen LogP contribution in [0.4, 0.5) is 0 Å². The van der Waals surface area contributed by atoms with Gasteiger partial charge < -0.3 is 10.4 Å². The monoisotopic (exact) mass is 214 g/mol. The van der Waals surface area contributed by atoms with Crippen molar-refractivity contribution in [2.75, 3.05) is 13.2 Å². The SMILES string of the molecule is CC(C)(NCCCCO)c1nccs1.